The number of sulfone groups is 1. The van der Waals surface area contributed by atoms with Gasteiger partial charge in [0.1, 0.15) is 12.0 Å². The standard InChI is InChI=1S/C10H10N2O4S2/c11-9(13)6-18(14,15)5-7-4-16-10(12-7)8-2-1-3-17-8/h1-4H,5-6H2,(H2,11,13). The van der Waals surface area contributed by atoms with Gasteiger partial charge in [-0.3, -0.25) is 4.79 Å². The van der Waals surface area contributed by atoms with Crippen LogP contribution in [-0.4, -0.2) is 25.1 Å². The molecule has 1 amide bonds. The van der Waals surface area contributed by atoms with Crippen LogP contribution in [0.4, 0.5) is 0 Å². The van der Waals surface area contributed by atoms with Crippen LogP contribution in [0.25, 0.3) is 10.8 Å². The SMILES string of the molecule is NC(=O)CS(=O)(=O)Cc1coc(-c2cccs2)n1. The molecule has 2 N–H and O–H groups in total. The smallest absolute Gasteiger partial charge is 0.236 e. The van der Waals surface area contributed by atoms with Crippen LogP contribution < -0.4 is 5.73 Å². The van der Waals surface area contributed by atoms with Gasteiger partial charge in [-0.1, -0.05) is 6.07 Å². The highest BCUT2D eigenvalue weighted by Crippen LogP contribution is 2.24. The van der Waals surface area contributed by atoms with Gasteiger partial charge >= 0.3 is 0 Å². The lowest BCUT2D eigenvalue weighted by atomic mass is 10.5. The molecule has 8 heteroatoms. The third kappa shape index (κ3) is 3.17. The fourth-order valence-electron chi connectivity index (χ4n) is 1.38. The molecule has 6 nitrogen and oxygen atoms in total. The first-order chi connectivity index (χ1) is 8.46. The highest BCUT2D eigenvalue weighted by molar-refractivity contribution is 7.91. The van der Waals surface area contributed by atoms with Crippen LogP contribution in [0.3, 0.4) is 0 Å². The second kappa shape index (κ2) is 4.91. The number of nitrogens with zero attached hydrogens (tertiary/aromatic N) is 1. The summed E-state index contributed by atoms with van der Waals surface area (Å²) in [6.07, 6.45) is 1.27. The number of hydrogen-bond acceptors (Lipinski definition) is 6. The van der Waals surface area contributed by atoms with Crippen molar-refractivity contribution >= 4 is 27.1 Å². The molecule has 0 bridgehead atoms. The zero-order valence-corrected chi connectivity index (χ0v) is 10.8. The summed E-state index contributed by atoms with van der Waals surface area (Å²) in [5.74, 6) is -1.55. The van der Waals surface area contributed by atoms with Gasteiger partial charge in [0.25, 0.3) is 0 Å². The number of hydrogen-bond donors (Lipinski definition) is 1. The summed E-state index contributed by atoms with van der Waals surface area (Å²) < 4.78 is 28.2. The number of amides is 1. The number of oxazole rings is 1. The van der Waals surface area contributed by atoms with Crippen LogP contribution in [0.15, 0.2) is 28.2 Å². The van der Waals surface area contributed by atoms with Crippen molar-refractivity contribution in [3.05, 3.63) is 29.5 Å². The van der Waals surface area contributed by atoms with E-state index in [0.717, 1.165) is 4.88 Å². The first-order valence-corrected chi connectivity index (χ1v) is 7.63. The van der Waals surface area contributed by atoms with E-state index in [1.165, 1.54) is 17.6 Å². The number of rotatable bonds is 5. The van der Waals surface area contributed by atoms with Gasteiger partial charge in [0.2, 0.25) is 11.8 Å². The number of primary amides is 1. The van der Waals surface area contributed by atoms with Crippen molar-refractivity contribution in [3.63, 3.8) is 0 Å². The summed E-state index contributed by atoms with van der Waals surface area (Å²) in [5.41, 5.74) is 5.12. The molecule has 0 fully saturated rings. The zero-order chi connectivity index (χ0) is 13.2. The molecule has 0 aliphatic carbocycles. The Morgan fingerprint density at radius 2 is 2.28 bits per heavy atom. The minimum absolute atomic E-state index is 0.264. The quantitative estimate of drug-likeness (QED) is 0.875. The van der Waals surface area contributed by atoms with Gasteiger partial charge in [0.05, 0.1) is 16.3 Å². The molecule has 0 unspecified atom stereocenters. The van der Waals surface area contributed by atoms with E-state index in [9.17, 15) is 13.2 Å². The number of carbonyl (C=O) groups excluding carboxylic acids is 1. The summed E-state index contributed by atoms with van der Waals surface area (Å²) >= 11 is 1.44. The molecule has 96 valence electrons. The topological polar surface area (TPSA) is 103 Å². The number of carbonyl (C=O) groups is 1. The maximum absolute atomic E-state index is 11.5. The molecule has 0 radical (unpaired) electrons. The monoisotopic (exact) mass is 286 g/mol. The zero-order valence-electron chi connectivity index (χ0n) is 9.20. The summed E-state index contributed by atoms with van der Waals surface area (Å²) in [7, 11) is -3.58. The van der Waals surface area contributed by atoms with E-state index >= 15 is 0 Å². The predicted octanol–water partition coefficient (Wildman–Crippen LogP) is 0.803. The Labute approximate surface area is 107 Å². The highest BCUT2D eigenvalue weighted by Gasteiger charge is 2.18. The van der Waals surface area contributed by atoms with E-state index in [4.69, 9.17) is 10.2 Å². The Kier molecular flexibility index (Phi) is 3.48. The minimum atomic E-state index is -3.58. The normalized spacial score (nSPS) is 11.6. The van der Waals surface area contributed by atoms with E-state index in [-0.39, 0.29) is 11.4 Å². The Morgan fingerprint density at radius 3 is 2.89 bits per heavy atom. The van der Waals surface area contributed by atoms with Crippen LogP contribution in [-0.2, 0) is 20.4 Å². The van der Waals surface area contributed by atoms with Gasteiger partial charge in [-0.15, -0.1) is 11.3 Å². The van der Waals surface area contributed by atoms with Crippen molar-refractivity contribution in [1.29, 1.82) is 0 Å². The van der Waals surface area contributed by atoms with Gasteiger partial charge in [-0.2, -0.15) is 0 Å². The largest absolute Gasteiger partial charge is 0.444 e. The molecular weight excluding hydrogens is 276 g/mol. The molecule has 0 atom stereocenters. The Morgan fingerprint density at radius 1 is 1.50 bits per heavy atom. The lowest BCUT2D eigenvalue weighted by Crippen LogP contribution is -2.24. The Bertz CT molecular complexity index is 643. The molecule has 0 spiro atoms. The summed E-state index contributed by atoms with van der Waals surface area (Å²) in [6.45, 7) is 0. The molecule has 0 aliphatic rings. The van der Waals surface area contributed by atoms with Crippen molar-refractivity contribution in [1.82, 2.24) is 4.98 Å². The van der Waals surface area contributed by atoms with E-state index in [1.54, 1.807) is 0 Å². The van der Waals surface area contributed by atoms with Crippen molar-refractivity contribution < 1.29 is 17.6 Å². The second-order valence-electron chi connectivity index (χ2n) is 3.62. The number of thiophene rings is 1. The molecule has 2 aromatic heterocycles. The van der Waals surface area contributed by atoms with Gasteiger partial charge < -0.3 is 10.2 Å². The van der Waals surface area contributed by atoms with Gasteiger partial charge in [0.15, 0.2) is 9.84 Å². The second-order valence-corrected chi connectivity index (χ2v) is 6.63. The van der Waals surface area contributed by atoms with Gasteiger partial charge in [0, 0.05) is 0 Å². The lowest BCUT2D eigenvalue weighted by Gasteiger charge is -1.97. The average Bonchev–Trinajstić information content (AvgIpc) is 2.82. The van der Waals surface area contributed by atoms with E-state index < -0.39 is 21.5 Å². The van der Waals surface area contributed by atoms with Crippen molar-refractivity contribution in [3.8, 4) is 10.8 Å². The molecule has 0 saturated heterocycles. The summed E-state index contributed by atoms with van der Waals surface area (Å²) in [6, 6.07) is 3.66. The van der Waals surface area contributed by atoms with Crippen molar-refractivity contribution in [2.24, 2.45) is 5.73 Å². The summed E-state index contributed by atoms with van der Waals surface area (Å²) in [5, 5.41) is 1.86. The van der Waals surface area contributed by atoms with Crippen LogP contribution in [0.2, 0.25) is 0 Å². The molecule has 0 saturated carbocycles. The Balaban J connectivity index is 2.14. The lowest BCUT2D eigenvalue weighted by molar-refractivity contribution is -0.115. The van der Waals surface area contributed by atoms with Crippen molar-refractivity contribution in [2.75, 3.05) is 5.75 Å². The van der Waals surface area contributed by atoms with Crippen LogP contribution in [0.1, 0.15) is 5.69 Å². The molecular formula is C10H10N2O4S2. The average molecular weight is 286 g/mol. The first kappa shape index (κ1) is 12.8. The Hall–Kier alpha value is -1.67. The molecule has 18 heavy (non-hydrogen) atoms. The van der Waals surface area contributed by atoms with E-state index in [2.05, 4.69) is 4.98 Å². The third-order valence-corrected chi connectivity index (χ3v) is 4.33. The first-order valence-electron chi connectivity index (χ1n) is 4.93. The molecule has 0 aromatic carbocycles. The molecule has 0 aliphatic heterocycles. The maximum atomic E-state index is 11.5. The van der Waals surface area contributed by atoms with Crippen LogP contribution >= 0.6 is 11.3 Å². The summed E-state index contributed by atoms with van der Waals surface area (Å²) in [4.78, 5) is 15.5. The van der Waals surface area contributed by atoms with Gasteiger partial charge in [-0.05, 0) is 11.4 Å². The third-order valence-electron chi connectivity index (χ3n) is 2.01. The van der Waals surface area contributed by atoms with Gasteiger partial charge in [-0.25, -0.2) is 13.4 Å². The molecule has 2 heterocycles. The van der Waals surface area contributed by atoms with E-state index in [1.807, 2.05) is 17.5 Å². The fourth-order valence-corrected chi connectivity index (χ4v) is 3.15. The molecule has 2 rings (SSSR count). The van der Waals surface area contributed by atoms with Crippen LogP contribution in [0.5, 0.6) is 0 Å². The maximum Gasteiger partial charge on any atom is 0.236 e. The van der Waals surface area contributed by atoms with Crippen LogP contribution in [0, 0.1) is 0 Å². The van der Waals surface area contributed by atoms with E-state index in [0.29, 0.717) is 5.89 Å². The minimum Gasteiger partial charge on any atom is -0.444 e. The van der Waals surface area contributed by atoms with Crippen molar-refractivity contribution in [2.45, 2.75) is 5.75 Å². The molecule has 2 aromatic rings. The highest BCUT2D eigenvalue weighted by atomic mass is 32.2. The fraction of sp³-hybridized carbons (Fsp3) is 0.200. The predicted molar refractivity (Wildman–Crippen MR) is 66.5 cm³/mol. The number of aromatic nitrogens is 1. The number of nitrogens with two attached hydrogens (primary N) is 1.